The van der Waals surface area contributed by atoms with Crippen LogP contribution in [0.2, 0.25) is 5.28 Å². The number of benzene rings is 1. The molecule has 3 rings (SSSR count). The lowest BCUT2D eigenvalue weighted by atomic mass is 10.2. The molecular weight excluding hydrogens is 319 g/mol. The van der Waals surface area contributed by atoms with Crippen LogP contribution in [-0.4, -0.2) is 19.9 Å². The zero-order valence-electron chi connectivity index (χ0n) is 10.8. The van der Waals surface area contributed by atoms with E-state index in [1.807, 2.05) is 6.07 Å². The molecule has 0 radical (unpaired) electrons. The van der Waals surface area contributed by atoms with Crippen molar-refractivity contribution in [2.24, 2.45) is 0 Å². The van der Waals surface area contributed by atoms with Gasteiger partial charge in [0.25, 0.3) is 0 Å². The van der Waals surface area contributed by atoms with Gasteiger partial charge in [-0.2, -0.15) is 18.2 Å². The van der Waals surface area contributed by atoms with Crippen molar-refractivity contribution in [2.75, 3.05) is 5.32 Å². The minimum Gasteiger partial charge on any atom is -0.308 e. The van der Waals surface area contributed by atoms with Crippen molar-refractivity contribution in [2.45, 2.75) is 6.18 Å². The molecule has 0 unspecified atom stereocenters. The van der Waals surface area contributed by atoms with Crippen LogP contribution in [-0.2, 0) is 6.18 Å². The molecule has 0 aliphatic rings. The van der Waals surface area contributed by atoms with Crippen molar-refractivity contribution < 1.29 is 13.2 Å². The van der Waals surface area contributed by atoms with Crippen molar-refractivity contribution in [3.63, 3.8) is 0 Å². The maximum Gasteiger partial charge on any atom is 0.421 e. The average Bonchev–Trinajstić information content (AvgIpc) is 2.46. The predicted octanol–water partition coefficient (Wildman–Crippen LogP) is 3.84. The summed E-state index contributed by atoms with van der Waals surface area (Å²) in [5.41, 5.74) is -0.456. The van der Waals surface area contributed by atoms with E-state index in [2.05, 4.69) is 25.3 Å². The Labute approximate surface area is 127 Å². The summed E-state index contributed by atoms with van der Waals surface area (Å²) < 4.78 is 38.8. The van der Waals surface area contributed by atoms with E-state index in [1.54, 1.807) is 18.2 Å². The Balaban J connectivity index is 2.02. The highest BCUT2D eigenvalue weighted by Crippen LogP contribution is 2.34. The summed E-state index contributed by atoms with van der Waals surface area (Å²) in [6.45, 7) is 0. The number of anilines is 2. The highest BCUT2D eigenvalue weighted by Gasteiger charge is 2.35. The molecule has 0 atom stereocenters. The van der Waals surface area contributed by atoms with E-state index in [-0.39, 0.29) is 11.2 Å². The number of hydrogen-bond donors (Lipinski definition) is 1. The standard InChI is InChI=1S/C13H7ClF3N5/c14-11-18-6-8(13(15,16)17)10(21-11)22-12-19-5-7-3-1-2-4-9(7)20-12/h1-6H,(H,18,19,20,21,22). The summed E-state index contributed by atoms with van der Waals surface area (Å²) in [5, 5.41) is 2.89. The van der Waals surface area contributed by atoms with Gasteiger partial charge < -0.3 is 5.32 Å². The van der Waals surface area contributed by atoms with Crippen molar-refractivity contribution >= 4 is 34.3 Å². The van der Waals surface area contributed by atoms with Gasteiger partial charge in [0.15, 0.2) is 0 Å². The smallest absolute Gasteiger partial charge is 0.308 e. The molecule has 0 fully saturated rings. The summed E-state index contributed by atoms with van der Waals surface area (Å²) in [6.07, 6.45) is -2.51. The molecule has 2 aromatic heterocycles. The maximum atomic E-state index is 12.9. The SMILES string of the molecule is FC(F)(F)c1cnc(Cl)nc1Nc1ncc2ccccc2n1. The number of aromatic nitrogens is 4. The molecule has 112 valence electrons. The van der Waals surface area contributed by atoms with E-state index in [4.69, 9.17) is 11.6 Å². The van der Waals surface area contributed by atoms with Gasteiger partial charge in [-0.15, -0.1) is 0 Å². The monoisotopic (exact) mass is 325 g/mol. The first-order valence-electron chi connectivity index (χ1n) is 6.02. The summed E-state index contributed by atoms with van der Waals surface area (Å²) >= 11 is 5.56. The fourth-order valence-electron chi connectivity index (χ4n) is 1.80. The minimum atomic E-state index is -4.62. The summed E-state index contributed by atoms with van der Waals surface area (Å²) in [4.78, 5) is 15.0. The number of alkyl halides is 3. The molecule has 0 amide bonds. The predicted molar refractivity (Wildman–Crippen MR) is 74.9 cm³/mol. The molecule has 0 spiro atoms. The van der Waals surface area contributed by atoms with Crippen LogP contribution in [0.1, 0.15) is 5.56 Å². The number of hydrogen-bond acceptors (Lipinski definition) is 5. The molecular formula is C13H7ClF3N5. The van der Waals surface area contributed by atoms with Crippen LogP contribution < -0.4 is 5.32 Å². The highest BCUT2D eigenvalue weighted by molar-refractivity contribution is 6.28. The normalized spacial score (nSPS) is 11.6. The largest absolute Gasteiger partial charge is 0.421 e. The third-order valence-electron chi connectivity index (χ3n) is 2.78. The zero-order chi connectivity index (χ0) is 15.7. The Hall–Kier alpha value is -2.48. The molecule has 5 nitrogen and oxygen atoms in total. The van der Waals surface area contributed by atoms with Gasteiger partial charge in [0, 0.05) is 17.8 Å². The highest BCUT2D eigenvalue weighted by atomic mass is 35.5. The molecule has 1 aromatic carbocycles. The van der Waals surface area contributed by atoms with Crippen molar-refractivity contribution in [1.29, 1.82) is 0 Å². The molecule has 2 heterocycles. The lowest BCUT2D eigenvalue weighted by molar-refractivity contribution is -0.137. The Kier molecular flexibility index (Phi) is 3.53. The van der Waals surface area contributed by atoms with E-state index in [0.29, 0.717) is 11.7 Å². The van der Waals surface area contributed by atoms with Crippen LogP contribution in [0.4, 0.5) is 24.9 Å². The lowest BCUT2D eigenvalue weighted by Crippen LogP contribution is -2.12. The quantitative estimate of drug-likeness (QED) is 0.725. The van der Waals surface area contributed by atoms with Crippen LogP contribution in [0.5, 0.6) is 0 Å². The number of fused-ring (bicyclic) bond motifs is 1. The summed E-state index contributed by atoms with van der Waals surface area (Å²) in [5.74, 6) is -0.512. The molecule has 0 aliphatic carbocycles. The fourth-order valence-corrected chi connectivity index (χ4v) is 1.93. The second kappa shape index (κ2) is 5.38. The first-order valence-corrected chi connectivity index (χ1v) is 6.40. The summed E-state index contributed by atoms with van der Waals surface area (Å²) in [6, 6.07) is 7.09. The van der Waals surface area contributed by atoms with E-state index < -0.39 is 17.6 Å². The van der Waals surface area contributed by atoms with Gasteiger partial charge in [-0.25, -0.2) is 15.0 Å². The van der Waals surface area contributed by atoms with Crippen molar-refractivity contribution in [3.05, 3.63) is 47.5 Å². The Bertz CT molecular complexity index is 837. The van der Waals surface area contributed by atoms with Gasteiger partial charge in [0.2, 0.25) is 11.2 Å². The second-order valence-electron chi connectivity index (χ2n) is 4.28. The molecule has 9 heteroatoms. The Morgan fingerprint density at radius 3 is 2.55 bits per heavy atom. The molecule has 0 bridgehead atoms. The van der Waals surface area contributed by atoms with Gasteiger partial charge in [-0.05, 0) is 17.7 Å². The summed E-state index contributed by atoms with van der Waals surface area (Å²) in [7, 11) is 0. The maximum absolute atomic E-state index is 12.9. The van der Waals surface area contributed by atoms with Crippen molar-refractivity contribution in [1.82, 2.24) is 19.9 Å². The molecule has 1 N–H and O–H groups in total. The Morgan fingerprint density at radius 1 is 1.00 bits per heavy atom. The first-order chi connectivity index (χ1) is 10.4. The van der Waals surface area contributed by atoms with Gasteiger partial charge in [-0.1, -0.05) is 18.2 Å². The fraction of sp³-hybridized carbons (Fsp3) is 0.0769. The first kappa shape index (κ1) is 14.5. The van der Waals surface area contributed by atoms with Gasteiger partial charge >= 0.3 is 6.18 Å². The van der Waals surface area contributed by atoms with Crippen LogP contribution in [0.15, 0.2) is 36.7 Å². The number of para-hydroxylation sites is 1. The van der Waals surface area contributed by atoms with Crippen molar-refractivity contribution in [3.8, 4) is 0 Å². The Morgan fingerprint density at radius 2 is 1.77 bits per heavy atom. The van der Waals surface area contributed by atoms with Gasteiger partial charge in [0.1, 0.15) is 11.4 Å². The average molecular weight is 326 g/mol. The molecule has 0 saturated heterocycles. The third kappa shape index (κ3) is 2.91. The van der Waals surface area contributed by atoms with Gasteiger partial charge in [0.05, 0.1) is 5.52 Å². The van der Waals surface area contributed by atoms with Crippen LogP contribution in [0.3, 0.4) is 0 Å². The molecule has 0 aliphatic heterocycles. The van der Waals surface area contributed by atoms with Crippen LogP contribution in [0, 0.1) is 0 Å². The van der Waals surface area contributed by atoms with Gasteiger partial charge in [-0.3, -0.25) is 0 Å². The van der Waals surface area contributed by atoms with E-state index in [0.717, 1.165) is 5.39 Å². The number of halogens is 4. The zero-order valence-corrected chi connectivity index (χ0v) is 11.5. The number of nitrogens with zero attached hydrogens (tertiary/aromatic N) is 4. The molecule has 22 heavy (non-hydrogen) atoms. The van der Waals surface area contributed by atoms with Crippen LogP contribution >= 0.6 is 11.6 Å². The van der Waals surface area contributed by atoms with Crippen LogP contribution in [0.25, 0.3) is 10.9 Å². The van der Waals surface area contributed by atoms with E-state index in [9.17, 15) is 13.2 Å². The second-order valence-corrected chi connectivity index (χ2v) is 4.61. The topological polar surface area (TPSA) is 63.6 Å². The minimum absolute atomic E-state index is 0.0148. The number of nitrogens with one attached hydrogen (secondary N) is 1. The molecule has 3 aromatic rings. The van der Waals surface area contributed by atoms with E-state index in [1.165, 1.54) is 6.20 Å². The lowest BCUT2D eigenvalue weighted by Gasteiger charge is -2.12. The number of rotatable bonds is 2. The molecule has 0 saturated carbocycles. The third-order valence-corrected chi connectivity index (χ3v) is 2.97. The van der Waals surface area contributed by atoms with E-state index >= 15 is 0 Å².